The van der Waals surface area contributed by atoms with Gasteiger partial charge in [-0.2, -0.15) is 4.31 Å². The number of aromatic nitrogens is 2. The van der Waals surface area contributed by atoms with Gasteiger partial charge in [0.25, 0.3) is 0 Å². The molecule has 0 unspecified atom stereocenters. The molecule has 2 heterocycles. The van der Waals surface area contributed by atoms with E-state index in [-0.39, 0.29) is 11.9 Å². The fourth-order valence-electron chi connectivity index (χ4n) is 2.00. The summed E-state index contributed by atoms with van der Waals surface area (Å²) in [6.45, 7) is 2.89. The first kappa shape index (κ1) is 14.2. The molecule has 0 N–H and O–H groups in total. The molecule has 0 bridgehead atoms. The van der Waals surface area contributed by atoms with Crippen LogP contribution in [-0.4, -0.2) is 47.6 Å². The summed E-state index contributed by atoms with van der Waals surface area (Å²) in [6, 6.07) is 2.02. The van der Waals surface area contributed by atoms with E-state index >= 15 is 0 Å². The van der Waals surface area contributed by atoms with Gasteiger partial charge >= 0.3 is 6.01 Å². The van der Waals surface area contributed by atoms with Crippen molar-refractivity contribution in [1.29, 1.82) is 0 Å². The fourth-order valence-corrected chi connectivity index (χ4v) is 3.69. The zero-order valence-corrected chi connectivity index (χ0v) is 11.8. The highest BCUT2D eigenvalue weighted by Crippen LogP contribution is 2.18. The summed E-state index contributed by atoms with van der Waals surface area (Å²) in [6.07, 6.45) is 5.32. The van der Waals surface area contributed by atoms with Crippen molar-refractivity contribution in [1.82, 2.24) is 14.3 Å². The summed E-state index contributed by atoms with van der Waals surface area (Å²) in [5.74, 6) is 0.220. The lowest BCUT2D eigenvalue weighted by Gasteiger charge is -2.16. The van der Waals surface area contributed by atoms with Gasteiger partial charge in [0.2, 0.25) is 10.0 Å². The van der Waals surface area contributed by atoms with E-state index < -0.39 is 10.0 Å². The summed E-state index contributed by atoms with van der Waals surface area (Å²) in [5.41, 5.74) is 0. The Balaban J connectivity index is 1.89. The fraction of sp³-hybridized carbons (Fsp3) is 0.667. The molecule has 106 valence electrons. The second kappa shape index (κ2) is 6.29. The number of unbranched alkanes of at least 4 members (excludes halogenated alkanes) is 1. The van der Waals surface area contributed by atoms with Gasteiger partial charge in [-0.25, -0.2) is 18.4 Å². The Morgan fingerprint density at radius 2 is 2.16 bits per heavy atom. The molecule has 1 aromatic heterocycles. The Hall–Kier alpha value is -1.21. The molecular formula is C12H19N3O3S. The van der Waals surface area contributed by atoms with E-state index in [9.17, 15) is 8.42 Å². The zero-order valence-electron chi connectivity index (χ0n) is 11.0. The first-order valence-corrected chi connectivity index (χ1v) is 8.14. The maximum absolute atomic E-state index is 12.0. The monoisotopic (exact) mass is 285 g/mol. The van der Waals surface area contributed by atoms with Gasteiger partial charge in [-0.05, 0) is 18.9 Å². The number of sulfonamides is 1. The zero-order chi connectivity index (χ0) is 13.7. The Labute approximate surface area is 113 Å². The van der Waals surface area contributed by atoms with Crippen molar-refractivity contribution in [3.63, 3.8) is 0 Å². The second-order valence-corrected chi connectivity index (χ2v) is 6.68. The molecule has 1 saturated heterocycles. The van der Waals surface area contributed by atoms with Crippen LogP contribution in [0.1, 0.15) is 26.2 Å². The normalized spacial score (nSPS) is 20.6. The molecule has 0 saturated carbocycles. The predicted molar refractivity (Wildman–Crippen MR) is 71.3 cm³/mol. The van der Waals surface area contributed by atoms with Crippen molar-refractivity contribution < 1.29 is 13.2 Å². The van der Waals surface area contributed by atoms with Crippen LogP contribution in [0.4, 0.5) is 0 Å². The molecule has 0 radical (unpaired) electrons. The lowest BCUT2D eigenvalue weighted by atomic mass is 10.3. The van der Waals surface area contributed by atoms with Crippen LogP contribution in [0.2, 0.25) is 0 Å². The predicted octanol–water partition coefficient (Wildman–Crippen LogP) is 1.06. The van der Waals surface area contributed by atoms with Crippen LogP contribution in [0.3, 0.4) is 0 Å². The van der Waals surface area contributed by atoms with Crippen LogP contribution in [0.5, 0.6) is 6.01 Å². The minimum absolute atomic E-state index is 0.154. The molecule has 1 aromatic rings. The van der Waals surface area contributed by atoms with Crippen molar-refractivity contribution in [2.24, 2.45) is 0 Å². The smallest absolute Gasteiger partial charge is 0.316 e. The van der Waals surface area contributed by atoms with Gasteiger partial charge < -0.3 is 4.74 Å². The number of rotatable bonds is 6. The molecular weight excluding hydrogens is 266 g/mol. The minimum Gasteiger partial charge on any atom is -0.459 e. The lowest BCUT2D eigenvalue weighted by Crippen LogP contribution is -2.33. The molecule has 1 fully saturated rings. The number of hydrogen-bond acceptors (Lipinski definition) is 5. The molecule has 2 rings (SSSR count). The van der Waals surface area contributed by atoms with Crippen LogP contribution in [-0.2, 0) is 10.0 Å². The first-order valence-electron chi connectivity index (χ1n) is 6.53. The van der Waals surface area contributed by atoms with Gasteiger partial charge in [0.1, 0.15) is 6.10 Å². The summed E-state index contributed by atoms with van der Waals surface area (Å²) in [5, 5.41) is 0. The van der Waals surface area contributed by atoms with Crippen molar-refractivity contribution in [3.8, 4) is 6.01 Å². The van der Waals surface area contributed by atoms with Gasteiger partial charge in [-0.15, -0.1) is 0 Å². The molecule has 19 heavy (non-hydrogen) atoms. The Morgan fingerprint density at radius 1 is 1.42 bits per heavy atom. The summed E-state index contributed by atoms with van der Waals surface area (Å²) in [7, 11) is -3.13. The Morgan fingerprint density at radius 3 is 2.84 bits per heavy atom. The largest absolute Gasteiger partial charge is 0.459 e. The third kappa shape index (κ3) is 3.87. The Kier molecular flexibility index (Phi) is 4.71. The van der Waals surface area contributed by atoms with Crippen molar-refractivity contribution in [2.45, 2.75) is 32.3 Å². The molecule has 0 spiro atoms. The van der Waals surface area contributed by atoms with Crippen LogP contribution in [0.15, 0.2) is 18.5 Å². The van der Waals surface area contributed by atoms with E-state index in [0.29, 0.717) is 31.9 Å². The van der Waals surface area contributed by atoms with Crippen LogP contribution < -0.4 is 4.74 Å². The van der Waals surface area contributed by atoms with E-state index in [4.69, 9.17) is 4.74 Å². The molecule has 0 aliphatic carbocycles. The summed E-state index contributed by atoms with van der Waals surface area (Å²) >= 11 is 0. The quantitative estimate of drug-likeness (QED) is 0.781. The average Bonchev–Trinajstić information content (AvgIpc) is 2.87. The van der Waals surface area contributed by atoms with Gasteiger partial charge in [-0.3, -0.25) is 0 Å². The Bertz CT molecular complexity index is 492. The van der Waals surface area contributed by atoms with E-state index in [2.05, 4.69) is 9.97 Å². The van der Waals surface area contributed by atoms with Gasteiger partial charge in [0, 0.05) is 18.9 Å². The first-order chi connectivity index (χ1) is 9.12. The van der Waals surface area contributed by atoms with Crippen molar-refractivity contribution >= 4 is 10.0 Å². The van der Waals surface area contributed by atoms with E-state index in [0.717, 1.165) is 6.42 Å². The lowest BCUT2D eigenvalue weighted by molar-refractivity contribution is 0.197. The van der Waals surface area contributed by atoms with Gasteiger partial charge in [0.15, 0.2) is 0 Å². The average molecular weight is 285 g/mol. The molecule has 1 aliphatic rings. The highest BCUT2D eigenvalue weighted by atomic mass is 32.2. The van der Waals surface area contributed by atoms with E-state index in [1.807, 2.05) is 6.92 Å². The number of hydrogen-bond donors (Lipinski definition) is 0. The molecule has 6 nitrogen and oxygen atoms in total. The summed E-state index contributed by atoms with van der Waals surface area (Å²) < 4.78 is 31.1. The van der Waals surface area contributed by atoms with Crippen LogP contribution >= 0.6 is 0 Å². The molecule has 1 aliphatic heterocycles. The molecule has 0 aromatic carbocycles. The van der Waals surface area contributed by atoms with E-state index in [1.54, 1.807) is 18.5 Å². The number of ether oxygens (including phenoxy) is 1. The number of nitrogens with zero attached hydrogens (tertiary/aromatic N) is 3. The maximum Gasteiger partial charge on any atom is 0.316 e. The SMILES string of the molecule is CCCCS(=O)(=O)N1CC[C@@H](Oc2ncccn2)C1. The highest BCUT2D eigenvalue weighted by Gasteiger charge is 2.32. The third-order valence-corrected chi connectivity index (χ3v) is 4.99. The van der Waals surface area contributed by atoms with Crippen LogP contribution in [0.25, 0.3) is 0 Å². The topological polar surface area (TPSA) is 72.4 Å². The van der Waals surface area contributed by atoms with E-state index in [1.165, 1.54) is 4.31 Å². The van der Waals surface area contributed by atoms with Crippen LogP contribution in [0, 0.1) is 0 Å². The third-order valence-electron chi connectivity index (χ3n) is 3.07. The molecule has 1 atom stereocenters. The second-order valence-electron chi connectivity index (χ2n) is 4.59. The standard InChI is InChI=1S/C12H19N3O3S/c1-2-3-9-19(16,17)15-8-5-11(10-15)18-12-13-6-4-7-14-12/h4,6-7,11H,2-3,5,8-10H2,1H3/t11-/m1/s1. The highest BCUT2D eigenvalue weighted by molar-refractivity contribution is 7.89. The molecule has 0 amide bonds. The minimum atomic E-state index is -3.13. The summed E-state index contributed by atoms with van der Waals surface area (Å²) in [4.78, 5) is 7.96. The van der Waals surface area contributed by atoms with Crippen molar-refractivity contribution in [2.75, 3.05) is 18.8 Å². The van der Waals surface area contributed by atoms with Gasteiger partial charge in [0.05, 0.1) is 12.3 Å². The molecule has 7 heteroatoms. The van der Waals surface area contributed by atoms with Gasteiger partial charge in [-0.1, -0.05) is 13.3 Å². The van der Waals surface area contributed by atoms with Crippen molar-refractivity contribution in [3.05, 3.63) is 18.5 Å². The maximum atomic E-state index is 12.0.